The second kappa shape index (κ2) is 9.11. The van der Waals surface area contributed by atoms with Crippen molar-refractivity contribution in [3.05, 3.63) is 103 Å². The van der Waals surface area contributed by atoms with Gasteiger partial charge in [0.15, 0.2) is 16.7 Å². The summed E-state index contributed by atoms with van der Waals surface area (Å²) >= 11 is 1.35. The molecule has 5 rings (SSSR count). The minimum atomic E-state index is 0.0294. The number of carbonyl (C=O) groups is 1. The first-order valence-electron chi connectivity index (χ1n) is 10.1. The molecule has 0 bridgehead atoms. The molecule has 7 heteroatoms. The zero-order chi connectivity index (χ0) is 21.8. The first-order valence-corrected chi connectivity index (χ1v) is 11.1. The van der Waals surface area contributed by atoms with E-state index in [0.29, 0.717) is 28.8 Å². The number of benzene rings is 2. The van der Waals surface area contributed by atoms with Crippen LogP contribution in [-0.4, -0.2) is 26.3 Å². The maximum Gasteiger partial charge on any atom is 0.200 e. The van der Waals surface area contributed by atoms with Gasteiger partial charge < -0.3 is 8.83 Å². The third kappa shape index (κ3) is 4.29. The van der Waals surface area contributed by atoms with Crippen molar-refractivity contribution < 1.29 is 13.6 Å². The molecule has 0 saturated carbocycles. The number of carbonyl (C=O) groups excluding carboxylic acids is 1. The summed E-state index contributed by atoms with van der Waals surface area (Å²) in [7, 11) is 0. The molecular weight excluding hydrogens is 422 g/mol. The van der Waals surface area contributed by atoms with Crippen LogP contribution in [0.1, 0.15) is 16.1 Å². The summed E-state index contributed by atoms with van der Waals surface area (Å²) in [5.74, 6) is 2.25. The normalized spacial score (nSPS) is 11.0. The Morgan fingerprint density at radius 2 is 1.56 bits per heavy atom. The molecule has 0 unspecified atom stereocenters. The van der Waals surface area contributed by atoms with Crippen LogP contribution in [0.2, 0.25) is 0 Å². The zero-order valence-corrected chi connectivity index (χ0v) is 17.9. The lowest BCUT2D eigenvalue weighted by atomic mass is 10.0. The number of hydrogen-bond acceptors (Lipinski definition) is 6. The average Bonchev–Trinajstić information content (AvgIpc) is 3.61. The third-order valence-corrected chi connectivity index (χ3v) is 5.97. The molecule has 0 aliphatic carbocycles. The quantitative estimate of drug-likeness (QED) is 0.223. The fourth-order valence-corrected chi connectivity index (χ4v) is 4.21. The van der Waals surface area contributed by atoms with E-state index in [-0.39, 0.29) is 11.5 Å². The van der Waals surface area contributed by atoms with E-state index in [0.717, 1.165) is 16.9 Å². The van der Waals surface area contributed by atoms with Crippen LogP contribution in [0.25, 0.3) is 22.7 Å². The Bertz CT molecular complexity index is 1290. The molecule has 0 radical (unpaired) electrons. The predicted molar refractivity (Wildman–Crippen MR) is 122 cm³/mol. The lowest BCUT2D eigenvalue weighted by Crippen LogP contribution is -2.06. The summed E-state index contributed by atoms with van der Waals surface area (Å²) < 4.78 is 12.9. The van der Waals surface area contributed by atoms with Crippen molar-refractivity contribution in [2.24, 2.45) is 0 Å². The minimum Gasteiger partial charge on any atom is -0.467 e. The Hall–Kier alpha value is -3.84. The second-order valence-corrected chi connectivity index (χ2v) is 8.05. The van der Waals surface area contributed by atoms with Crippen molar-refractivity contribution in [2.45, 2.75) is 11.7 Å². The van der Waals surface area contributed by atoms with Gasteiger partial charge in [-0.1, -0.05) is 66.4 Å². The van der Waals surface area contributed by atoms with Gasteiger partial charge in [-0.3, -0.25) is 9.36 Å². The molecule has 32 heavy (non-hydrogen) atoms. The van der Waals surface area contributed by atoms with Crippen LogP contribution in [0, 0.1) is 0 Å². The van der Waals surface area contributed by atoms with Crippen LogP contribution in [0.5, 0.6) is 0 Å². The summed E-state index contributed by atoms with van der Waals surface area (Å²) in [4.78, 5) is 12.8. The third-order valence-electron chi connectivity index (χ3n) is 5.00. The van der Waals surface area contributed by atoms with E-state index >= 15 is 0 Å². The van der Waals surface area contributed by atoms with E-state index < -0.39 is 0 Å². The second-order valence-electron chi connectivity index (χ2n) is 7.10. The molecule has 0 fully saturated rings. The monoisotopic (exact) mass is 441 g/mol. The van der Waals surface area contributed by atoms with E-state index in [1.165, 1.54) is 11.8 Å². The smallest absolute Gasteiger partial charge is 0.200 e. The van der Waals surface area contributed by atoms with Gasteiger partial charge in [0.25, 0.3) is 0 Å². The van der Waals surface area contributed by atoms with Crippen LogP contribution in [0.3, 0.4) is 0 Å². The molecule has 3 heterocycles. The van der Waals surface area contributed by atoms with E-state index in [1.807, 2.05) is 65.2 Å². The number of thioether (sulfide) groups is 1. The summed E-state index contributed by atoms with van der Waals surface area (Å²) in [6.07, 6.45) is 3.22. The first kappa shape index (κ1) is 20.1. The number of rotatable bonds is 8. The Morgan fingerprint density at radius 1 is 0.812 bits per heavy atom. The average molecular weight is 442 g/mol. The van der Waals surface area contributed by atoms with Crippen LogP contribution in [0.4, 0.5) is 0 Å². The molecule has 0 saturated heterocycles. The van der Waals surface area contributed by atoms with Gasteiger partial charge in [-0.15, -0.1) is 10.2 Å². The fourth-order valence-electron chi connectivity index (χ4n) is 3.38. The lowest BCUT2D eigenvalue weighted by Gasteiger charge is -2.08. The SMILES string of the molecule is O=C(CSc1nnc(-c2ccco2)n1Cc1ccco1)c1ccc(-c2ccccc2)cc1. The van der Waals surface area contributed by atoms with E-state index in [4.69, 9.17) is 8.83 Å². The summed E-state index contributed by atoms with van der Waals surface area (Å²) in [5.41, 5.74) is 2.87. The van der Waals surface area contributed by atoms with Crippen molar-refractivity contribution >= 4 is 17.5 Å². The predicted octanol–water partition coefficient (Wildman–Crippen LogP) is 5.82. The van der Waals surface area contributed by atoms with Crippen LogP contribution < -0.4 is 0 Å². The highest BCUT2D eigenvalue weighted by atomic mass is 32.2. The van der Waals surface area contributed by atoms with Gasteiger partial charge in [0, 0.05) is 5.56 Å². The molecule has 0 atom stereocenters. The maximum atomic E-state index is 12.8. The molecule has 0 N–H and O–H groups in total. The van der Waals surface area contributed by atoms with E-state index in [9.17, 15) is 4.79 Å². The lowest BCUT2D eigenvalue weighted by molar-refractivity contribution is 0.102. The van der Waals surface area contributed by atoms with Crippen molar-refractivity contribution in [3.63, 3.8) is 0 Å². The molecule has 0 amide bonds. The summed E-state index contributed by atoms with van der Waals surface area (Å²) in [5, 5.41) is 9.20. The van der Waals surface area contributed by atoms with Gasteiger partial charge in [0.2, 0.25) is 5.82 Å². The first-order chi connectivity index (χ1) is 15.8. The largest absolute Gasteiger partial charge is 0.467 e. The van der Waals surface area contributed by atoms with Gasteiger partial charge in [-0.25, -0.2) is 0 Å². The standard InChI is InChI=1S/C25H19N3O3S/c29-22(20-12-10-19(11-13-20)18-6-2-1-3-7-18)17-32-25-27-26-24(23-9-5-15-31-23)28(25)16-21-8-4-14-30-21/h1-15H,16-17H2. The molecule has 0 aliphatic heterocycles. The van der Waals surface area contributed by atoms with Crippen LogP contribution >= 0.6 is 11.8 Å². The van der Waals surface area contributed by atoms with Crippen LogP contribution in [-0.2, 0) is 6.54 Å². The number of furan rings is 2. The van der Waals surface area contributed by atoms with Crippen molar-refractivity contribution in [1.29, 1.82) is 0 Å². The molecular formula is C25H19N3O3S. The van der Waals surface area contributed by atoms with Crippen molar-refractivity contribution in [2.75, 3.05) is 5.75 Å². The maximum absolute atomic E-state index is 12.8. The Labute approximate surface area is 188 Å². The van der Waals surface area contributed by atoms with Gasteiger partial charge in [0.05, 0.1) is 24.8 Å². The minimum absolute atomic E-state index is 0.0294. The molecule has 5 aromatic rings. The number of hydrogen-bond donors (Lipinski definition) is 0. The molecule has 2 aromatic carbocycles. The zero-order valence-electron chi connectivity index (χ0n) is 17.0. The van der Waals surface area contributed by atoms with E-state index in [1.54, 1.807) is 18.6 Å². The Morgan fingerprint density at radius 3 is 2.28 bits per heavy atom. The summed E-state index contributed by atoms with van der Waals surface area (Å²) in [6.45, 7) is 0.443. The highest BCUT2D eigenvalue weighted by Gasteiger charge is 2.19. The molecule has 0 spiro atoms. The summed E-state index contributed by atoms with van der Waals surface area (Å²) in [6, 6.07) is 25.1. The molecule has 0 aliphatic rings. The van der Waals surface area contributed by atoms with Gasteiger partial charge in [0.1, 0.15) is 5.76 Å². The number of nitrogens with zero attached hydrogens (tertiary/aromatic N) is 3. The highest BCUT2D eigenvalue weighted by Crippen LogP contribution is 2.27. The molecule has 158 valence electrons. The van der Waals surface area contributed by atoms with Gasteiger partial charge in [-0.2, -0.15) is 0 Å². The van der Waals surface area contributed by atoms with Crippen molar-refractivity contribution in [3.8, 4) is 22.7 Å². The molecule has 6 nitrogen and oxygen atoms in total. The van der Waals surface area contributed by atoms with Gasteiger partial charge in [-0.05, 0) is 35.4 Å². The van der Waals surface area contributed by atoms with Crippen molar-refractivity contribution in [1.82, 2.24) is 14.8 Å². The fraction of sp³-hybridized carbons (Fsp3) is 0.0800. The van der Waals surface area contributed by atoms with Crippen LogP contribution in [0.15, 0.2) is 105 Å². The number of aromatic nitrogens is 3. The Kier molecular flexibility index (Phi) is 5.72. The highest BCUT2D eigenvalue weighted by molar-refractivity contribution is 7.99. The van der Waals surface area contributed by atoms with E-state index in [2.05, 4.69) is 22.3 Å². The Balaban J connectivity index is 1.32. The topological polar surface area (TPSA) is 74.1 Å². The molecule has 3 aromatic heterocycles. The van der Waals surface area contributed by atoms with Gasteiger partial charge >= 0.3 is 0 Å². The number of ketones is 1. The number of Topliss-reactive ketones (excluding diaryl/α,β-unsaturated/α-hetero) is 1.